The molecule has 3 nitrogen and oxygen atoms in total. The van der Waals surface area contributed by atoms with E-state index in [1.807, 2.05) is 18.2 Å². The number of nitrogens with zero attached hydrogens (tertiary/aromatic N) is 2. The summed E-state index contributed by atoms with van der Waals surface area (Å²) in [6, 6.07) is 7.96. The number of nitriles is 1. The van der Waals surface area contributed by atoms with Crippen molar-refractivity contribution in [1.29, 1.82) is 5.26 Å². The first-order valence-electron chi connectivity index (χ1n) is 4.00. The van der Waals surface area contributed by atoms with Crippen LogP contribution >= 0.6 is 0 Å². The molecule has 1 saturated heterocycles. The van der Waals surface area contributed by atoms with Gasteiger partial charge in [0.25, 0.3) is 0 Å². The van der Waals surface area contributed by atoms with Gasteiger partial charge in [0, 0.05) is 0 Å². The second kappa shape index (κ2) is 2.92. The van der Waals surface area contributed by atoms with E-state index in [0.717, 1.165) is 18.7 Å². The number of aromatic nitrogens is 1. The van der Waals surface area contributed by atoms with Crippen LogP contribution < -0.4 is 5.32 Å². The molecule has 0 aliphatic carbocycles. The molecule has 1 unspecified atom stereocenters. The summed E-state index contributed by atoms with van der Waals surface area (Å²) in [5.41, 5.74) is 1.49. The Labute approximate surface area is 71.0 Å². The van der Waals surface area contributed by atoms with Gasteiger partial charge in [-0.25, -0.2) is 4.98 Å². The first kappa shape index (κ1) is 7.26. The van der Waals surface area contributed by atoms with E-state index in [4.69, 9.17) is 5.26 Å². The van der Waals surface area contributed by atoms with Gasteiger partial charge in [-0.2, -0.15) is 5.26 Å². The summed E-state index contributed by atoms with van der Waals surface area (Å²) in [7, 11) is 0. The van der Waals surface area contributed by atoms with E-state index in [1.54, 1.807) is 6.07 Å². The van der Waals surface area contributed by atoms with Gasteiger partial charge in [0.15, 0.2) is 0 Å². The fourth-order valence-electron chi connectivity index (χ4n) is 1.25. The lowest BCUT2D eigenvalue weighted by molar-refractivity contribution is 0.375. The van der Waals surface area contributed by atoms with E-state index in [1.165, 1.54) is 0 Å². The molecule has 1 atom stereocenters. The molecule has 2 rings (SSSR count). The zero-order chi connectivity index (χ0) is 8.39. The normalized spacial score (nSPS) is 21.1. The molecule has 0 radical (unpaired) electrons. The average Bonchev–Trinajstić information content (AvgIpc) is 2.02. The zero-order valence-electron chi connectivity index (χ0n) is 6.62. The molecule has 0 bridgehead atoms. The van der Waals surface area contributed by atoms with E-state index in [2.05, 4.69) is 10.3 Å². The first-order valence-corrected chi connectivity index (χ1v) is 4.00. The largest absolute Gasteiger partial charge is 0.309 e. The smallest absolute Gasteiger partial charge is 0.140 e. The quantitative estimate of drug-likeness (QED) is 0.664. The Morgan fingerprint density at radius 2 is 2.42 bits per heavy atom. The van der Waals surface area contributed by atoms with Crippen LogP contribution in [-0.2, 0) is 0 Å². The lowest BCUT2D eigenvalue weighted by atomic mass is 10.0. The topological polar surface area (TPSA) is 48.7 Å². The fourth-order valence-corrected chi connectivity index (χ4v) is 1.25. The van der Waals surface area contributed by atoms with Crippen molar-refractivity contribution in [2.45, 2.75) is 12.5 Å². The molecular formula is C9H9N3. The van der Waals surface area contributed by atoms with Crippen LogP contribution in [0.5, 0.6) is 0 Å². The van der Waals surface area contributed by atoms with Crippen LogP contribution in [-0.4, -0.2) is 11.5 Å². The summed E-state index contributed by atoms with van der Waals surface area (Å²) in [5.74, 6) is 0. The molecule has 0 amide bonds. The number of pyridine rings is 1. The van der Waals surface area contributed by atoms with Gasteiger partial charge in [0.1, 0.15) is 11.8 Å². The third kappa shape index (κ3) is 1.17. The Balaban J connectivity index is 2.27. The lowest BCUT2D eigenvalue weighted by Crippen LogP contribution is -2.35. The predicted octanol–water partition coefficient (Wildman–Crippen LogP) is 0.988. The molecule has 1 aliphatic rings. The Bertz CT molecular complexity index is 323. The van der Waals surface area contributed by atoms with E-state index >= 15 is 0 Å². The van der Waals surface area contributed by atoms with Crippen LogP contribution in [0.25, 0.3) is 0 Å². The van der Waals surface area contributed by atoms with Crippen LogP contribution in [0.1, 0.15) is 23.9 Å². The van der Waals surface area contributed by atoms with Crippen LogP contribution in [0.15, 0.2) is 18.2 Å². The van der Waals surface area contributed by atoms with Gasteiger partial charge < -0.3 is 5.32 Å². The van der Waals surface area contributed by atoms with E-state index in [9.17, 15) is 0 Å². The molecule has 1 aromatic heterocycles. The summed E-state index contributed by atoms with van der Waals surface area (Å²) in [4.78, 5) is 4.19. The minimum Gasteiger partial charge on any atom is -0.309 e. The third-order valence-corrected chi connectivity index (χ3v) is 2.07. The van der Waals surface area contributed by atoms with E-state index < -0.39 is 0 Å². The standard InChI is InChI=1S/C9H9N3/c10-6-7-2-1-3-9(12-7)8-4-5-11-8/h1-3,8,11H,4-5H2. The Hall–Kier alpha value is -1.40. The molecule has 0 aromatic carbocycles. The summed E-state index contributed by atoms with van der Waals surface area (Å²) < 4.78 is 0. The van der Waals surface area contributed by atoms with Crippen molar-refractivity contribution in [2.75, 3.05) is 6.54 Å². The van der Waals surface area contributed by atoms with Gasteiger partial charge in [0.05, 0.1) is 11.7 Å². The van der Waals surface area contributed by atoms with Crippen LogP contribution in [0.4, 0.5) is 0 Å². The van der Waals surface area contributed by atoms with Crippen molar-refractivity contribution in [1.82, 2.24) is 10.3 Å². The van der Waals surface area contributed by atoms with Crippen molar-refractivity contribution in [3.05, 3.63) is 29.6 Å². The average molecular weight is 159 g/mol. The third-order valence-electron chi connectivity index (χ3n) is 2.07. The van der Waals surface area contributed by atoms with Crippen LogP contribution in [0.2, 0.25) is 0 Å². The van der Waals surface area contributed by atoms with E-state index in [0.29, 0.717) is 11.7 Å². The Morgan fingerprint density at radius 1 is 1.58 bits per heavy atom. The molecule has 12 heavy (non-hydrogen) atoms. The van der Waals surface area contributed by atoms with Crippen LogP contribution in [0, 0.1) is 11.3 Å². The lowest BCUT2D eigenvalue weighted by Gasteiger charge is -2.26. The Kier molecular flexibility index (Phi) is 1.77. The van der Waals surface area contributed by atoms with Crippen molar-refractivity contribution in [2.24, 2.45) is 0 Å². The molecule has 60 valence electrons. The maximum absolute atomic E-state index is 8.60. The second-order valence-electron chi connectivity index (χ2n) is 2.85. The fraction of sp³-hybridized carbons (Fsp3) is 0.333. The minimum absolute atomic E-state index is 0.373. The number of rotatable bonds is 1. The zero-order valence-corrected chi connectivity index (χ0v) is 6.62. The summed E-state index contributed by atoms with van der Waals surface area (Å²) >= 11 is 0. The highest BCUT2D eigenvalue weighted by Crippen LogP contribution is 2.20. The van der Waals surface area contributed by atoms with Crippen LogP contribution in [0.3, 0.4) is 0 Å². The molecular weight excluding hydrogens is 150 g/mol. The SMILES string of the molecule is N#Cc1cccc(C2CCN2)n1. The monoisotopic (exact) mass is 159 g/mol. The predicted molar refractivity (Wildman–Crippen MR) is 44.3 cm³/mol. The number of hydrogen-bond donors (Lipinski definition) is 1. The molecule has 1 aromatic rings. The molecule has 3 heteroatoms. The molecule has 1 fully saturated rings. The number of nitrogens with one attached hydrogen (secondary N) is 1. The molecule has 2 heterocycles. The summed E-state index contributed by atoms with van der Waals surface area (Å²) in [6.45, 7) is 1.06. The van der Waals surface area contributed by atoms with Gasteiger partial charge in [-0.05, 0) is 25.1 Å². The van der Waals surface area contributed by atoms with Gasteiger partial charge in [0.2, 0.25) is 0 Å². The number of hydrogen-bond acceptors (Lipinski definition) is 3. The maximum Gasteiger partial charge on any atom is 0.140 e. The van der Waals surface area contributed by atoms with Crippen molar-refractivity contribution < 1.29 is 0 Å². The minimum atomic E-state index is 0.373. The molecule has 0 spiro atoms. The summed E-state index contributed by atoms with van der Waals surface area (Å²) in [6.07, 6.45) is 1.13. The highest BCUT2D eigenvalue weighted by molar-refractivity contribution is 5.24. The second-order valence-corrected chi connectivity index (χ2v) is 2.85. The maximum atomic E-state index is 8.60. The van der Waals surface area contributed by atoms with Gasteiger partial charge >= 0.3 is 0 Å². The molecule has 0 saturated carbocycles. The van der Waals surface area contributed by atoms with Gasteiger partial charge in [-0.3, -0.25) is 0 Å². The summed E-state index contributed by atoms with van der Waals surface area (Å²) in [5, 5.41) is 11.8. The van der Waals surface area contributed by atoms with Gasteiger partial charge in [-0.15, -0.1) is 0 Å². The first-order chi connectivity index (χ1) is 5.90. The van der Waals surface area contributed by atoms with E-state index in [-0.39, 0.29) is 0 Å². The van der Waals surface area contributed by atoms with Gasteiger partial charge in [-0.1, -0.05) is 6.07 Å². The molecule has 1 N–H and O–H groups in total. The van der Waals surface area contributed by atoms with Crippen molar-refractivity contribution in [3.63, 3.8) is 0 Å². The molecule has 1 aliphatic heterocycles. The highest BCUT2D eigenvalue weighted by atomic mass is 15.0. The van der Waals surface area contributed by atoms with Crippen molar-refractivity contribution >= 4 is 0 Å². The highest BCUT2D eigenvalue weighted by Gasteiger charge is 2.19. The van der Waals surface area contributed by atoms with Crippen molar-refractivity contribution in [3.8, 4) is 6.07 Å². The Morgan fingerprint density at radius 3 is 3.00 bits per heavy atom.